The van der Waals surface area contributed by atoms with E-state index in [4.69, 9.17) is 20.2 Å². The molecule has 29 heavy (non-hydrogen) atoms. The summed E-state index contributed by atoms with van der Waals surface area (Å²) >= 11 is 0. The van der Waals surface area contributed by atoms with E-state index in [2.05, 4.69) is 11.0 Å². The summed E-state index contributed by atoms with van der Waals surface area (Å²) in [7, 11) is 0. The molecule has 0 aliphatic rings. The van der Waals surface area contributed by atoms with Crippen molar-refractivity contribution in [3.8, 4) is 0 Å². The van der Waals surface area contributed by atoms with E-state index in [-0.39, 0.29) is 0 Å². The molecule has 0 bridgehead atoms. The number of esters is 1. The maximum Gasteiger partial charge on any atom is 0.331 e. The molecule has 0 aromatic carbocycles. The number of carbonyl (C=O) groups is 1. The van der Waals surface area contributed by atoms with Gasteiger partial charge >= 0.3 is 5.97 Å². The zero-order chi connectivity index (χ0) is 21.4. The van der Waals surface area contributed by atoms with Gasteiger partial charge in [-0.05, 0) is 19.3 Å². The van der Waals surface area contributed by atoms with Gasteiger partial charge in [0.1, 0.15) is 6.10 Å². The highest BCUT2D eigenvalue weighted by Gasteiger charge is 2.08. The molecule has 0 aromatic rings. The lowest BCUT2D eigenvalue weighted by Gasteiger charge is -2.09. The van der Waals surface area contributed by atoms with Gasteiger partial charge < -0.3 is 14.9 Å². The van der Waals surface area contributed by atoms with Crippen LogP contribution in [0.2, 0.25) is 0 Å². The first-order chi connectivity index (χ1) is 14.2. The molecule has 164 valence electrons. The number of unbranched alkanes of at least 4 members (excludes halogenated alkanes) is 7. The summed E-state index contributed by atoms with van der Waals surface area (Å²) in [5.41, 5.74) is 0. The first kappa shape index (κ1) is 27.0. The van der Waals surface area contributed by atoms with E-state index in [1.807, 2.05) is 30.4 Å². The van der Waals surface area contributed by atoms with Crippen molar-refractivity contribution in [3.63, 3.8) is 0 Å². The lowest BCUT2D eigenvalue weighted by Crippen LogP contribution is -2.24. The number of ether oxygens (including phenoxy) is 1. The molecule has 0 aromatic heterocycles. The number of aliphatic hydroxyl groups is 2. The van der Waals surface area contributed by atoms with Crippen LogP contribution in [0, 0.1) is 0 Å². The Morgan fingerprint density at radius 3 is 1.83 bits per heavy atom. The number of hydrogen-bond acceptors (Lipinski definition) is 6. The van der Waals surface area contributed by atoms with Crippen LogP contribution in [0.5, 0.6) is 0 Å². The third-order valence-corrected chi connectivity index (χ3v) is 3.94. The fourth-order valence-corrected chi connectivity index (χ4v) is 2.34. The van der Waals surface area contributed by atoms with E-state index in [9.17, 15) is 4.79 Å². The van der Waals surface area contributed by atoms with Crippen LogP contribution in [0.15, 0.2) is 60.8 Å². The molecule has 0 spiro atoms. The normalized spacial score (nSPS) is 12.7. The SMILES string of the molecule is O=C(C=CC=CC=CC=CC=CCCCCCCCCCOO)OC(CO)CO. The van der Waals surface area contributed by atoms with Crippen LogP contribution in [-0.2, 0) is 14.4 Å². The molecule has 0 saturated heterocycles. The van der Waals surface area contributed by atoms with Gasteiger partial charge in [0, 0.05) is 6.08 Å². The van der Waals surface area contributed by atoms with Gasteiger partial charge in [-0.15, -0.1) is 0 Å². The monoisotopic (exact) mass is 408 g/mol. The molecule has 0 rings (SSSR count). The lowest BCUT2D eigenvalue weighted by atomic mass is 10.1. The summed E-state index contributed by atoms with van der Waals surface area (Å²) < 4.78 is 4.78. The Morgan fingerprint density at radius 1 is 0.724 bits per heavy atom. The van der Waals surface area contributed by atoms with Gasteiger partial charge in [0.15, 0.2) is 0 Å². The van der Waals surface area contributed by atoms with Gasteiger partial charge in [0.25, 0.3) is 0 Å². The average molecular weight is 409 g/mol. The second kappa shape index (κ2) is 22.3. The van der Waals surface area contributed by atoms with E-state index >= 15 is 0 Å². The zero-order valence-electron chi connectivity index (χ0n) is 17.2. The maximum absolute atomic E-state index is 11.3. The molecular formula is C23H36O6. The molecule has 0 fully saturated rings. The topological polar surface area (TPSA) is 96.2 Å². The Kier molecular flexibility index (Phi) is 20.8. The van der Waals surface area contributed by atoms with Crippen LogP contribution in [-0.4, -0.2) is 47.4 Å². The molecule has 0 amide bonds. The number of hydrogen-bond donors (Lipinski definition) is 3. The fourth-order valence-electron chi connectivity index (χ4n) is 2.34. The van der Waals surface area contributed by atoms with Crippen LogP contribution in [0.25, 0.3) is 0 Å². The average Bonchev–Trinajstić information content (AvgIpc) is 2.73. The number of rotatable bonds is 18. The van der Waals surface area contributed by atoms with Gasteiger partial charge in [-0.25, -0.2) is 9.68 Å². The molecule has 0 saturated carbocycles. The summed E-state index contributed by atoms with van der Waals surface area (Å²) in [6.07, 6.45) is 26.5. The van der Waals surface area contributed by atoms with E-state index in [1.54, 1.807) is 12.2 Å². The summed E-state index contributed by atoms with van der Waals surface area (Å²) in [4.78, 5) is 15.4. The van der Waals surface area contributed by atoms with Crippen molar-refractivity contribution in [2.45, 2.75) is 57.5 Å². The number of aliphatic hydroxyl groups excluding tert-OH is 2. The summed E-state index contributed by atoms with van der Waals surface area (Å²) in [5.74, 6) is -0.607. The quantitative estimate of drug-likeness (QED) is 0.0782. The van der Waals surface area contributed by atoms with Crippen LogP contribution in [0.4, 0.5) is 0 Å². The van der Waals surface area contributed by atoms with Crippen LogP contribution >= 0.6 is 0 Å². The van der Waals surface area contributed by atoms with E-state index in [1.165, 1.54) is 44.3 Å². The first-order valence-electron chi connectivity index (χ1n) is 10.3. The predicted octanol–water partition coefficient (Wildman–Crippen LogP) is 4.27. The predicted molar refractivity (Wildman–Crippen MR) is 115 cm³/mol. The Morgan fingerprint density at radius 2 is 1.24 bits per heavy atom. The minimum absolute atomic E-state index is 0.404. The van der Waals surface area contributed by atoms with Crippen molar-refractivity contribution in [3.05, 3.63) is 60.8 Å². The lowest BCUT2D eigenvalue weighted by molar-refractivity contribution is -0.242. The van der Waals surface area contributed by atoms with Gasteiger partial charge in [0.2, 0.25) is 0 Å². The number of carbonyl (C=O) groups excluding carboxylic acids is 1. The Hall–Kier alpha value is -1.99. The molecule has 3 N–H and O–H groups in total. The van der Waals surface area contributed by atoms with Crippen molar-refractivity contribution in [1.29, 1.82) is 0 Å². The van der Waals surface area contributed by atoms with Crippen LogP contribution in [0.1, 0.15) is 51.4 Å². The third-order valence-electron chi connectivity index (χ3n) is 3.94. The van der Waals surface area contributed by atoms with Gasteiger partial charge in [-0.1, -0.05) is 86.8 Å². The van der Waals surface area contributed by atoms with E-state index in [0.29, 0.717) is 6.61 Å². The zero-order valence-corrected chi connectivity index (χ0v) is 17.2. The van der Waals surface area contributed by atoms with Crippen molar-refractivity contribution in [1.82, 2.24) is 0 Å². The standard InChI is InChI=1S/C23H36O6/c24-20-22(21-25)29-23(26)18-16-14-12-10-8-6-4-2-1-3-5-7-9-11-13-15-17-19-28-27/h1-2,4,6,8,10,12,14,16,18,22,24-25,27H,3,5,7,9,11,13,15,17,19-21H2. The minimum atomic E-state index is -0.877. The molecule has 0 radical (unpaired) electrons. The van der Waals surface area contributed by atoms with Crippen molar-refractivity contribution < 1.29 is 29.9 Å². The Bertz CT molecular complexity index is 515. The molecule has 6 nitrogen and oxygen atoms in total. The van der Waals surface area contributed by atoms with Crippen molar-refractivity contribution in [2.75, 3.05) is 19.8 Å². The molecule has 0 unspecified atom stereocenters. The molecule has 0 heterocycles. The van der Waals surface area contributed by atoms with Gasteiger partial charge in [0.05, 0.1) is 19.8 Å². The second-order valence-corrected chi connectivity index (χ2v) is 6.46. The second-order valence-electron chi connectivity index (χ2n) is 6.46. The number of allylic oxidation sites excluding steroid dienone is 9. The molecule has 6 heteroatoms. The minimum Gasteiger partial charge on any atom is -0.454 e. The van der Waals surface area contributed by atoms with Crippen molar-refractivity contribution >= 4 is 5.97 Å². The Balaban J connectivity index is 3.65. The van der Waals surface area contributed by atoms with Gasteiger partial charge in [-0.2, -0.15) is 0 Å². The highest BCUT2D eigenvalue weighted by molar-refractivity contribution is 5.82. The van der Waals surface area contributed by atoms with Crippen molar-refractivity contribution in [2.24, 2.45) is 0 Å². The third kappa shape index (κ3) is 20.6. The van der Waals surface area contributed by atoms with Gasteiger partial charge in [-0.3, -0.25) is 5.26 Å². The van der Waals surface area contributed by atoms with Crippen LogP contribution < -0.4 is 0 Å². The molecule has 0 aliphatic carbocycles. The fraction of sp³-hybridized carbons (Fsp3) is 0.522. The molecular weight excluding hydrogens is 372 g/mol. The summed E-state index contributed by atoms with van der Waals surface area (Å²) in [5, 5.41) is 25.8. The Labute approximate surface area is 174 Å². The smallest absolute Gasteiger partial charge is 0.331 e. The largest absolute Gasteiger partial charge is 0.454 e. The van der Waals surface area contributed by atoms with Crippen LogP contribution in [0.3, 0.4) is 0 Å². The molecule has 0 aliphatic heterocycles. The van der Waals surface area contributed by atoms with E-state index in [0.717, 1.165) is 19.3 Å². The highest BCUT2D eigenvalue weighted by Crippen LogP contribution is 2.08. The highest BCUT2D eigenvalue weighted by atomic mass is 17.1. The molecule has 0 atom stereocenters. The first-order valence-corrected chi connectivity index (χ1v) is 10.3. The summed E-state index contributed by atoms with van der Waals surface area (Å²) in [6.45, 7) is -0.368. The van der Waals surface area contributed by atoms with E-state index < -0.39 is 25.3 Å². The maximum atomic E-state index is 11.3. The summed E-state index contributed by atoms with van der Waals surface area (Å²) in [6, 6.07) is 0.